The Bertz CT molecular complexity index is 726. The molecule has 2 N–H and O–H groups in total. The van der Waals surface area contributed by atoms with Gasteiger partial charge in [0.25, 0.3) is 0 Å². The van der Waals surface area contributed by atoms with Gasteiger partial charge in [0.1, 0.15) is 0 Å². The van der Waals surface area contributed by atoms with E-state index >= 15 is 0 Å². The molecule has 5 heteroatoms. The quantitative estimate of drug-likeness (QED) is 0.664. The molecular formula is C20H25N3O2. The second-order valence-electron chi connectivity index (χ2n) is 6.10. The summed E-state index contributed by atoms with van der Waals surface area (Å²) in [5.74, 6) is 2.41. The summed E-state index contributed by atoms with van der Waals surface area (Å²) in [5, 5.41) is 6.66. The number of benzene rings is 2. The molecule has 5 nitrogen and oxygen atoms in total. The molecule has 0 saturated heterocycles. The number of aliphatic imine (C=N–C) groups is 1. The van der Waals surface area contributed by atoms with E-state index in [1.807, 2.05) is 18.2 Å². The highest BCUT2D eigenvalue weighted by atomic mass is 16.5. The molecule has 0 unspecified atom stereocenters. The molecule has 1 aliphatic rings. The summed E-state index contributed by atoms with van der Waals surface area (Å²) in [7, 11) is 1.78. The third-order valence-electron chi connectivity index (χ3n) is 4.08. The van der Waals surface area contributed by atoms with Crippen LogP contribution in [-0.2, 0) is 13.1 Å². The lowest BCUT2D eigenvalue weighted by molar-refractivity contribution is 0.297. The van der Waals surface area contributed by atoms with Crippen molar-refractivity contribution in [1.29, 1.82) is 0 Å². The van der Waals surface area contributed by atoms with Gasteiger partial charge in [-0.1, -0.05) is 35.9 Å². The van der Waals surface area contributed by atoms with Gasteiger partial charge in [0.05, 0.1) is 13.2 Å². The first kappa shape index (κ1) is 17.1. The smallest absolute Gasteiger partial charge is 0.191 e. The second-order valence-corrected chi connectivity index (χ2v) is 6.10. The molecule has 1 heterocycles. The van der Waals surface area contributed by atoms with E-state index in [4.69, 9.17) is 9.47 Å². The Morgan fingerprint density at radius 2 is 1.56 bits per heavy atom. The zero-order valence-corrected chi connectivity index (χ0v) is 14.8. The second kappa shape index (κ2) is 8.42. The van der Waals surface area contributed by atoms with Gasteiger partial charge in [0.2, 0.25) is 0 Å². The first-order chi connectivity index (χ1) is 12.2. The normalized spacial score (nSPS) is 13.9. The van der Waals surface area contributed by atoms with Crippen LogP contribution in [0, 0.1) is 6.92 Å². The molecule has 0 atom stereocenters. The maximum absolute atomic E-state index is 5.74. The number of rotatable bonds is 4. The van der Waals surface area contributed by atoms with Crippen molar-refractivity contribution in [3.05, 3.63) is 59.2 Å². The topological polar surface area (TPSA) is 54.9 Å². The van der Waals surface area contributed by atoms with E-state index in [1.54, 1.807) is 7.05 Å². The first-order valence-electron chi connectivity index (χ1n) is 8.63. The molecule has 0 radical (unpaired) electrons. The molecule has 0 aliphatic carbocycles. The molecule has 0 bridgehead atoms. The Labute approximate surface area is 149 Å². The molecule has 0 amide bonds. The summed E-state index contributed by atoms with van der Waals surface area (Å²) in [6, 6.07) is 14.5. The monoisotopic (exact) mass is 339 g/mol. The zero-order valence-electron chi connectivity index (χ0n) is 14.8. The average molecular weight is 339 g/mol. The van der Waals surface area contributed by atoms with E-state index in [0.29, 0.717) is 19.8 Å². The molecule has 0 aromatic heterocycles. The molecule has 0 fully saturated rings. The van der Waals surface area contributed by atoms with Crippen LogP contribution in [0.25, 0.3) is 0 Å². The lowest BCUT2D eigenvalue weighted by atomic mass is 10.1. The number of hydrogen-bond donors (Lipinski definition) is 2. The SMILES string of the molecule is CN=C(NCc1ccc(C)cc1)NCc1ccc2c(c1)OCCCO2. The fraction of sp³-hybridized carbons (Fsp3) is 0.350. The van der Waals surface area contributed by atoms with E-state index in [0.717, 1.165) is 36.0 Å². The van der Waals surface area contributed by atoms with Gasteiger partial charge < -0.3 is 20.1 Å². The van der Waals surface area contributed by atoms with Gasteiger partial charge in [-0.2, -0.15) is 0 Å². The van der Waals surface area contributed by atoms with Crippen molar-refractivity contribution >= 4 is 5.96 Å². The highest BCUT2D eigenvalue weighted by Gasteiger charge is 2.10. The van der Waals surface area contributed by atoms with Crippen LogP contribution < -0.4 is 20.1 Å². The van der Waals surface area contributed by atoms with Gasteiger partial charge in [0.15, 0.2) is 17.5 Å². The summed E-state index contributed by atoms with van der Waals surface area (Å²) in [4.78, 5) is 4.28. The first-order valence-corrected chi connectivity index (χ1v) is 8.63. The Morgan fingerprint density at radius 3 is 2.28 bits per heavy atom. The Kier molecular flexibility index (Phi) is 5.77. The van der Waals surface area contributed by atoms with Crippen LogP contribution in [0.4, 0.5) is 0 Å². The zero-order chi connectivity index (χ0) is 17.5. The van der Waals surface area contributed by atoms with Crippen molar-refractivity contribution < 1.29 is 9.47 Å². The van der Waals surface area contributed by atoms with Crippen LogP contribution in [0.1, 0.15) is 23.1 Å². The van der Waals surface area contributed by atoms with E-state index < -0.39 is 0 Å². The molecule has 2 aromatic carbocycles. The fourth-order valence-corrected chi connectivity index (χ4v) is 2.62. The number of ether oxygens (including phenoxy) is 2. The highest BCUT2D eigenvalue weighted by molar-refractivity contribution is 5.79. The van der Waals surface area contributed by atoms with Crippen molar-refractivity contribution in [1.82, 2.24) is 10.6 Å². The summed E-state index contributed by atoms with van der Waals surface area (Å²) >= 11 is 0. The van der Waals surface area contributed by atoms with Crippen LogP contribution in [0.2, 0.25) is 0 Å². The van der Waals surface area contributed by atoms with Crippen molar-refractivity contribution in [2.75, 3.05) is 20.3 Å². The molecule has 0 saturated carbocycles. The molecule has 2 aromatic rings. The van der Waals surface area contributed by atoms with Crippen molar-refractivity contribution in [3.8, 4) is 11.5 Å². The molecule has 25 heavy (non-hydrogen) atoms. The van der Waals surface area contributed by atoms with Crippen LogP contribution in [0.15, 0.2) is 47.5 Å². The fourth-order valence-electron chi connectivity index (χ4n) is 2.62. The van der Waals surface area contributed by atoms with E-state index in [2.05, 4.69) is 46.8 Å². The standard InChI is InChI=1S/C20H25N3O2/c1-15-4-6-16(7-5-15)13-22-20(21-2)23-14-17-8-9-18-19(12-17)25-11-3-10-24-18/h4-9,12H,3,10-11,13-14H2,1-2H3,(H2,21,22,23). The summed E-state index contributed by atoms with van der Waals surface area (Å²) < 4.78 is 11.4. The van der Waals surface area contributed by atoms with Gasteiger partial charge in [-0.3, -0.25) is 4.99 Å². The average Bonchev–Trinajstić information content (AvgIpc) is 2.88. The lowest BCUT2D eigenvalue weighted by Gasteiger charge is -2.13. The van der Waals surface area contributed by atoms with Gasteiger partial charge in [-0.15, -0.1) is 0 Å². The van der Waals surface area contributed by atoms with E-state index in [9.17, 15) is 0 Å². The third kappa shape index (κ3) is 4.89. The number of aryl methyl sites for hydroxylation is 1. The van der Waals surface area contributed by atoms with Crippen molar-refractivity contribution in [3.63, 3.8) is 0 Å². The lowest BCUT2D eigenvalue weighted by Crippen LogP contribution is -2.36. The third-order valence-corrected chi connectivity index (χ3v) is 4.08. The van der Waals surface area contributed by atoms with E-state index in [-0.39, 0.29) is 0 Å². The Morgan fingerprint density at radius 1 is 0.920 bits per heavy atom. The maximum Gasteiger partial charge on any atom is 0.191 e. The predicted octanol–water partition coefficient (Wildman–Crippen LogP) is 3.02. The van der Waals surface area contributed by atoms with Gasteiger partial charge in [0, 0.05) is 26.6 Å². The Balaban J connectivity index is 1.54. The van der Waals surface area contributed by atoms with Gasteiger partial charge in [-0.05, 0) is 30.2 Å². The molecule has 0 spiro atoms. The molecule has 132 valence electrons. The summed E-state index contributed by atoms with van der Waals surface area (Å²) in [5.41, 5.74) is 3.62. The van der Waals surface area contributed by atoms with E-state index in [1.165, 1.54) is 11.1 Å². The number of fused-ring (bicyclic) bond motifs is 1. The predicted molar refractivity (Wildman–Crippen MR) is 100 cm³/mol. The minimum absolute atomic E-state index is 0.671. The molecule has 3 rings (SSSR count). The number of hydrogen-bond acceptors (Lipinski definition) is 3. The van der Waals surface area contributed by atoms with Crippen molar-refractivity contribution in [2.45, 2.75) is 26.4 Å². The number of guanidine groups is 1. The largest absolute Gasteiger partial charge is 0.490 e. The Hall–Kier alpha value is -2.69. The number of nitrogens with one attached hydrogen (secondary N) is 2. The highest BCUT2D eigenvalue weighted by Crippen LogP contribution is 2.30. The van der Waals surface area contributed by atoms with Crippen LogP contribution in [0.3, 0.4) is 0 Å². The van der Waals surface area contributed by atoms with Crippen LogP contribution >= 0.6 is 0 Å². The van der Waals surface area contributed by atoms with Gasteiger partial charge >= 0.3 is 0 Å². The van der Waals surface area contributed by atoms with Crippen LogP contribution in [-0.4, -0.2) is 26.2 Å². The maximum atomic E-state index is 5.74. The summed E-state index contributed by atoms with van der Waals surface area (Å²) in [6.45, 7) is 4.90. The van der Waals surface area contributed by atoms with Crippen molar-refractivity contribution in [2.24, 2.45) is 4.99 Å². The molecular weight excluding hydrogens is 314 g/mol. The molecule has 1 aliphatic heterocycles. The minimum Gasteiger partial charge on any atom is -0.490 e. The minimum atomic E-state index is 0.671. The summed E-state index contributed by atoms with van der Waals surface area (Å²) in [6.07, 6.45) is 0.915. The van der Waals surface area contributed by atoms with Gasteiger partial charge in [-0.25, -0.2) is 0 Å². The van der Waals surface area contributed by atoms with Crippen LogP contribution in [0.5, 0.6) is 11.5 Å². The number of nitrogens with zero attached hydrogens (tertiary/aromatic N) is 1.